The number of H-pyrrole nitrogens is 1. The van der Waals surface area contributed by atoms with Crippen LogP contribution in [0.15, 0.2) is 48.5 Å². The Hall–Kier alpha value is -3.39. The van der Waals surface area contributed by atoms with Gasteiger partial charge in [0, 0.05) is 39.5 Å². The molecule has 2 aromatic carbocycles. The monoisotopic (exact) mass is 435 g/mol. The fourth-order valence-electron chi connectivity index (χ4n) is 4.17. The van der Waals surface area contributed by atoms with E-state index in [2.05, 4.69) is 20.2 Å². The van der Waals surface area contributed by atoms with Crippen molar-refractivity contribution in [2.45, 2.75) is 19.4 Å². The van der Waals surface area contributed by atoms with Crippen LogP contribution in [0.1, 0.15) is 24.4 Å². The molecule has 8 nitrogen and oxygen atoms in total. The highest BCUT2D eigenvalue weighted by Crippen LogP contribution is 2.27. The van der Waals surface area contributed by atoms with Gasteiger partial charge in [-0.15, -0.1) is 0 Å². The summed E-state index contributed by atoms with van der Waals surface area (Å²) in [6, 6.07) is 15.6. The topological polar surface area (TPSA) is 90.6 Å². The summed E-state index contributed by atoms with van der Waals surface area (Å²) in [4.78, 5) is 36.5. The predicted molar refractivity (Wildman–Crippen MR) is 122 cm³/mol. The second kappa shape index (κ2) is 9.82. The lowest BCUT2D eigenvalue weighted by Gasteiger charge is -2.41. The third-order valence-electron chi connectivity index (χ3n) is 5.86. The van der Waals surface area contributed by atoms with Crippen LogP contribution in [0.4, 0.5) is 0 Å². The number of piperazine rings is 1. The van der Waals surface area contributed by atoms with E-state index in [4.69, 9.17) is 4.74 Å². The molecule has 4 rings (SSSR count). The number of hydrogen-bond donors (Lipinski definition) is 2. The Morgan fingerprint density at radius 3 is 2.66 bits per heavy atom. The van der Waals surface area contributed by atoms with Crippen molar-refractivity contribution >= 4 is 22.8 Å². The van der Waals surface area contributed by atoms with E-state index < -0.39 is 0 Å². The zero-order valence-electron chi connectivity index (χ0n) is 18.5. The molecule has 32 heavy (non-hydrogen) atoms. The van der Waals surface area contributed by atoms with Crippen molar-refractivity contribution in [2.24, 2.45) is 0 Å². The number of para-hydroxylation sites is 2. The van der Waals surface area contributed by atoms with Crippen molar-refractivity contribution in [3.05, 3.63) is 59.9 Å². The van der Waals surface area contributed by atoms with E-state index in [-0.39, 0.29) is 17.9 Å². The van der Waals surface area contributed by atoms with E-state index in [1.807, 2.05) is 53.4 Å². The Morgan fingerprint density at radius 1 is 1.16 bits per heavy atom. The summed E-state index contributed by atoms with van der Waals surface area (Å²) in [5.41, 5.74) is 2.97. The highest BCUT2D eigenvalue weighted by molar-refractivity contribution is 5.78. The molecule has 1 fully saturated rings. The van der Waals surface area contributed by atoms with Crippen LogP contribution in [-0.4, -0.2) is 71.4 Å². The van der Waals surface area contributed by atoms with Gasteiger partial charge in [0.1, 0.15) is 11.6 Å². The number of methoxy groups -OCH3 is 1. The van der Waals surface area contributed by atoms with E-state index in [0.29, 0.717) is 39.1 Å². The molecule has 2 N–H and O–H groups in total. The molecule has 0 aliphatic carbocycles. The number of fused-ring (bicyclic) bond motifs is 1. The van der Waals surface area contributed by atoms with Crippen molar-refractivity contribution in [1.29, 1.82) is 0 Å². The molecule has 0 radical (unpaired) electrons. The molecule has 168 valence electrons. The van der Waals surface area contributed by atoms with E-state index in [0.717, 1.165) is 28.2 Å². The van der Waals surface area contributed by atoms with Gasteiger partial charge in [0.2, 0.25) is 11.8 Å². The summed E-state index contributed by atoms with van der Waals surface area (Å²) in [6.07, 6.45) is 0.646. The Balaban J connectivity index is 1.31. The molecule has 2 amide bonds. The fraction of sp³-hybridized carbons (Fsp3) is 0.375. The van der Waals surface area contributed by atoms with Gasteiger partial charge < -0.3 is 19.9 Å². The summed E-state index contributed by atoms with van der Waals surface area (Å²) in [5.74, 6) is 1.66. The van der Waals surface area contributed by atoms with Gasteiger partial charge >= 0.3 is 0 Å². The summed E-state index contributed by atoms with van der Waals surface area (Å²) in [7, 11) is 1.63. The molecule has 0 unspecified atom stereocenters. The SMILES string of the molecule is COc1ccc([C@@H]2CN(CC(=O)NCCc3nc4ccccc4[nH]3)CCN2C(C)=O)cc1. The smallest absolute Gasteiger partial charge is 0.234 e. The number of aromatic amines is 1. The van der Waals surface area contributed by atoms with Gasteiger partial charge in [-0.2, -0.15) is 0 Å². The first-order chi connectivity index (χ1) is 15.5. The summed E-state index contributed by atoms with van der Waals surface area (Å²) in [5, 5.41) is 2.99. The van der Waals surface area contributed by atoms with Crippen LogP contribution in [0.5, 0.6) is 5.75 Å². The standard InChI is InChI=1S/C24H29N5O3/c1-17(30)29-14-13-28(15-22(29)18-7-9-19(32-2)10-8-18)16-24(31)25-12-11-23-26-20-5-3-4-6-21(20)27-23/h3-10,22H,11-16H2,1-2H3,(H,25,31)(H,26,27)/t22-/m0/s1. The third-order valence-corrected chi connectivity index (χ3v) is 5.86. The van der Waals surface area contributed by atoms with Gasteiger partial charge in [-0.25, -0.2) is 4.98 Å². The van der Waals surface area contributed by atoms with Crippen LogP contribution < -0.4 is 10.1 Å². The number of hydrogen-bond acceptors (Lipinski definition) is 5. The number of amides is 2. The number of imidazole rings is 1. The van der Waals surface area contributed by atoms with Crippen molar-refractivity contribution in [3.8, 4) is 5.75 Å². The number of nitrogens with zero attached hydrogens (tertiary/aromatic N) is 3. The Labute approximate surface area is 187 Å². The molecular formula is C24H29N5O3. The summed E-state index contributed by atoms with van der Waals surface area (Å²) < 4.78 is 5.24. The van der Waals surface area contributed by atoms with Gasteiger partial charge in [-0.3, -0.25) is 14.5 Å². The fourth-order valence-corrected chi connectivity index (χ4v) is 4.17. The molecule has 0 saturated carbocycles. The first-order valence-electron chi connectivity index (χ1n) is 10.9. The lowest BCUT2D eigenvalue weighted by atomic mass is 10.0. The minimum atomic E-state index is -0.0875. The molecular weight excluding hydrogens is 406 g/mol. The minimum Gasteiger partial charge on any atom is -0.497 e. The van der Waals surface area contributed by atoms with Gasteiger partial charge in [0.15, 0.2) is 0 Å². The molecule has 8 heteroatoms. The molecule has 1 saturated heterocycles. The summed E-state index contributed by atoms with van der Waals surface area (Å²) >= 11 is 0. The van der Waals surface area contributed by atoms with E-state index in [1.54, 1.807) is 14.0 Å². The molecule has 0 spiro atoms. The number of carbonyl (C=O) groups is 2. The maximum absolute atomic E-state index is 12.5. The first kappa shape index (κ1) is 21.8. The van der Waals surface area contributed by atoms with Crippen molar-refractivity contribution in [3.63, 3.8) is 0 Å². The summed E-state index contributed by atoms with van der Waals surface area (Å²) in [6.45, 7) is 4.30. The van der Waals surface area contributed by atoms with Crippen molar-refractivity contribution in [1.82, 2.24) is 25.1 Å². The highest BCUT2D eigenvalue weighted by Gasteiger charge is 2.30. The predicted octanol–water partition coefficient (Wildman–Crippen LogP) is 2.14. The Kier molecular flexibility index (Phi) is 6.70. The first-order valence-corrected chi connectivity index (χ1v) is 10.9. The minimum absolute atomic E-state index is 0.0223. The molecule has 1 aliphatic rings. The Bertz CT molecular complexity index is 1050. The van der Waals surface area contributed by atoms with Crippen LogP contribution in [-0.2, 0) is 16.0 Å². The third kappa shape index (κ3) is 5.08. The average molecular weight is 436 g/mol. The second-order valence-corrected chi connectivity index (χ2v) is 8.04. The normalized spacial score (nSPS) is 16.8. The van der Waals surface area contributed by atoms with Gasteiger partial charge in [0.25, 0.3) is 0 Å². The van der Waals surface area contributed by atoms with Crippen LogP contribution >= 0.6 is 0 Å². The van der Waals surface area contributed by atoms with Crippen molar-refractivity contribution in [2.75, 3.05) is 39.8 Å². The molecule has 3 aromatic rings. The average Bonchev–Trinajstić information content (AvgIpc) is 3.21. The maximum atomic E-state index is 12.5. The highest BCUT2D eigenvalue weighted by atomic mass is 16.5. The number of nitrogens with one attached hydrogen (secondary N) is 2. The number of benzene rings is 2. The van der Waals surface area contributed by atoms with Crippen LogP contribution in [0.3, 0.4) is 0 Å². The second-order valence-electron chi connectivity index (χ2n) is 8.04. The molecule has 1 atom stereocenters. The van der Waals surface area contributed by atoms with E-state index in [1.165, 1.54) is 0 Å². The largest absolute Gasteiger partial charge is 0.497 e. The number of ether oxygens (including phenoxy) is 1. The zero-order chi connectivity index (χ0) is 22.5. The van der Waals surface area contributed by atoms with Crippen molar-refractivity contribution < 1.29 is 14.3 Å². The number of aromatic nitrogens is 2. The zero-order valence-corrected chi connectivity index (χ0v) is 18.5. The Morgan fingerprint density at radius 2 is 1.94 bits per heavy atom. The van der Waals surface area contributed by atoms with Crippen LogP contribution in [0.2, 0.25) is 0 Å². The lowest BCUT2D eigenvalue weighted by Crippen LogP contribution is -2.52. The van der Waals surface area contributed by atoms with Crippen LogP contribution in [0, 0.1) is 0 Å². The molecule has 2 heterocycles. The molecule has 0 bridgehead atoms. The van der Waals surface area contributed by atoms with E-state index in [9.17, 15) is 9.59 Å². The van der Waals surface area contributed by atoms with Gasteiger partial charge in [-0.05, 0) is 29.8 Å². The molecule has 1 aromatic heterocycles. The van der Waals surface area contributed by atoms with E-state index >= 15 is 0 Å². The van der Waals surface area contributed by atoms with Crippen LogP contribution in [0.25, 0.3) is 11.0 Å². The maximum Gasteiger partial charge on any atom is 0.234 e. The number of carbonyl (C=O) groups excluding carboxylic acids is 2. The van der Waals surface area contributed by atoms with Gasteiger partial charge in [0.05, 0.1) is 30.7 Å². The van der Waals surface area contributed by atoms with Gasteiger partial charge in [-0.1, -0.05) is 24.3 Å². The lowest BCUT2D eigenvalue weighted by molar-refractivity contribution is -0.134. The quantitative estimate of drug-likeness (QED) is 0.593. The molecule has 1 aliphatic heterocycles. The number of rotatable bonds is 7.